The first-order valence-electron chi connectivity index (χ1n) is 12.3. The van der Waals surface area contributed by atoms with Crippen LogP contribution >= 0.6 is 24.8 Å². The molecule has 0 amide bonds. The van der Waals surface area contributed by atoms with Crippen molar-refractivity contribution >= 4 is 31.5 Å². The molecule has 0 saturated heterocycles. The molecule has 2 rings (SSSR count). The summed E-state index contributed by atoms with van der Waals surface area (Å²) in [7, 11) is 0. The molecule has 1 aliphatic rings. The third-order valence-electron chi connectivity index (χ3n) is 5.95. The molecule has 0 unspecified atom stereocenters. The Balaban J connectivity index is 0.00000480. The van der Waals surface area contributed by atoms with Crippen molar-refractivity contribution in [3.8, 4) is 5.75 Å². The van der Waals surface area contributed by atoms with E-state index in [0.717, 1.165) is 6.42 Å². The molecule has 0 fully saturated rings. The molecule has 0 spiro atoms. The predicted octanol–water partition coefficient (Wildman–Crippen LogP) is 9.15. The van der Waals surface area contributed by atoms with Crippen molar-refractivity contribution in [2.45, 2.75) is 106 Å². The van der Waals surface area contributed by atoms with E-state index in [-0.39, 0.29) is 30.2 Å². The Morgan fingerprint density at radius 3 is 1.84 bits per heavy atom. The van der Waals surface area contributed by atoms with Gasteiger partial charge in [-0.2, -0.15) is 0 Å². The van der Waals surface area contributed by atoms with Gasteiger partial charge in [-0.15, -0.1) is 24.8 Å². The van der Waals surface area contributed by atoms with Gasteiger partial charge in [-0.05, 0) is 0 Å². The molecule has 1 aromatic rings. The Kier molecular flexibility index (Phi) is 15.8. The van der Waals surface area contributed by atoms with Crippen LogP contribution in [0.5, 0.6) is 5.75 Å². The van der Waals surface area contributed by atoms with Gasteiger partial charge in [-0.1, -0.05) is 0 Å². The fraction of sp³-hybridized carbons (Fsp3) is 0.630. The van der Waals surface area contributed by atoms with Crippen LogP contribution in [0.3, 0.4) is 0 Å². The molecule has 0 atom stereocenters. The first-order chi connectivity index (χ1) is 14.3. The summed E-state index contributed by atoms with van der Waals surface area (Å²) in [6.07, 6.45) is 16.1. The molecule has 5 heteroatoms. The molecule has 0 radical (unpaired) electrons. The molecule has 0 heterocycles. The molecule has 1 aliphatic carbocycles. The van der Waals surface area contributed by atoms with Crippen LogP contribution in [0.25, 0.3) is 0 Å². The molecule has 0 aliphatic heterocycles. The maximum atomic E-state index is 7.01. The van der Waals surface area contributed by atoms with Crippen LogP contribution in [0.15, 0.2) is 39.8 Å². The minimum atomic E-state index is -1.73. The predicted molar refractivity (Wildman–Crippen MR) is 147 cm³/mol. The SMILES string of the molecule is CCCCCc1cc(CCCCC)cc([O][Ti]([C]2=C(C(C)(C)C)C=CC2)[SiH](C)C)c1.Cl.Cl. The molecule has 1 nitrogen and oxygen atoms in total. The van der Waals surface area contributed by atoms with E-state index in [0.29, 0.717) is 0 Å². The number of rotatable bonds is 12. The molecule has 1 aromatic carbocycles. The average molecular weight is 535 g/mol. The van der Waals surface area contributed by atoms with Gasteiger partial charge in [0.05, 0.1) is 0 Å². The second kappa shape index (κ2) is 15.8. The molecular formula is C27H47Cl2OSiTi. The second-order valence-corrected chi connectivity index (χ2v) is 22.5. The minimum Gasteiger partial charge on any atom is -0.147 e. The monoisotopic (exact) mass is 533 g/mol. The molecular weight excluding hydrogens is 487 g/mol. The van der Waals surface area contributed by atoms with Crippen molar-refractivity contribution in [3.63, 3.8) is 0 Å². The van der Waals surface area contributed by atoms with Gasteiger partial charge >= 0.3 is 195 Å². The molecule has 0 aromatic heterocycles. The molecule has 0 saturated carbocycles. The van der Waals surface area contributed by atoms with Crippen LogP contribution in [-0.2, 0) is 30.4 Å². The standard InChI is InChI=1S/C16H26O.C9H13.C2H7Si.2ClH.Ti/c1-3-5-7-9-14-11-15(10-8-6-4-2)13-16(17)12-14;1-9(2,3)8-6-4-5-7-8;1-3-2;;;/h11-13,17H,3-10H2,1-2H3;4,6H,5H2,1-3H3;3H,1-2H3;2*1H;/q;;;;;+1/p-1. The average Bonchev–Trinajstić information content (AvgIpc) is 3.16. The van der Waals surface area contributed by atoms with Crippen molar-refractivity contribution in [3.05, 3.63) is 50.9 Å². The van der Waals surface area contributed by atoms with Gasteiger partial charge < -0.3 is 0 Å². The van der Waals surface area contributed by atoms with E-state index in [4.69, 9.17) is 3.32 Å². The van der Waals surface area contributed by atoms with E-state index < -0.39 is 24.2 Å². The maximum absolute atomic E-state index is 7.01. The zero-order valence-corrected chi connectivity index (χ0v) is 25.9. The van der Waals surface area contributed by atoms with E-state index in [1.54, 1.807) is 9.45 Å². The van der Waals surface area contributed by atoms with Crippen molar-refractivity contribution in [1.29, 1.82) is 0 Å². The third-order valence-corrected chi connectivity index (χ3v) is 16.2. The Bertz CT molecular complexity index is 709. The topological polar surface area (TPSA) is 9.23 Å². The van der Waals surface area contributed by atoms with Gasteiger partial charge in [-0.3, -0.25) is 0 Å². The zero-order chi connectivity index (χ0) is 22.1. The van der Waals surface area contributed by atoms with Gasteiger partial charge in [0.1, 0.15) is 0 Å². The van der Waals surface area contributed by atoms with Crippen LogP contribution in [0, 0.1) is 5.41 Å². The Morgan fingerprint density at radius 1 is 0.875 bits per heavy atom. The minimum absolute atomic E-state index is 0. The van der Waals surface area contributed by atoms with Crippen LogP contribution < -0.4 is 3.32 Å². The summed E-state index contributed by atoms with van der Waals surface area (Å²) in [5, 5.41) is 0. The Morgan fingerprint density at radius 2 is 1.41 bits per heavy atom. The van der Waals surface area contributed by atoms with Gasteiger partial charge in [0.25, 0.3) is 0 Å². The van der Waals surface area contributed by atoms with Crippen LogP contribution in [0.1, 0.15) is 90.7 Å². The first-order valence-corrected chi connectivity index (χ1v) is 19.3. The van der Waals surface area contributed by atoms with Crippen molar-refractivity contribution in [1.82, 2.24) is 0 Å². The number of hydrogen-bond donors (Lipinski definition) is 0. The summed E-state index contributed by atoms with van der Waals surface area (Å²) in [5.41, 5.74) is 4.77. The van der Waals surface area contributed by atoms with Crippen LogP contribution in [0.2, 0.25) is 13.1 Å². The van der Waals surface area contributed by atoms with Crippen molar-refractivity contribution in [2.75, 3.05) is 0 Å². The Hall–Kier alpha value is 0.0112. The smallest absolute Gasteiger partial charge is 0.147 e. The fourth-order valence-electron chi connectivity index (χ4n) is 4.33. The van der Waals surface area contributed by atoms with E-state index >= 15 is 0 Å². The molecule has 0 N–H and O–H groups in total. The van der Waals surface area contributed by atoms with E-state index in [2.05, 4.69) is 78.1 Å². The van der Waals surface area contributed by atoms with Crippen LogP contribution in [0.4, 0.5) is 0 Å². The second-order valence-electron chi connectivity index (χ2n) is 10.3. The van der Waals surface area contributed by atoms with Crippen molar-refractivity contribution in [2.24, 2.45) is 5.41 Å². The van der Waals surface area contributed by atoms with Gasteiger partial charge in [-0.25, -0.2) is 0 Å². The Labute approximate surface area is 218 Å². The van der Waals surface area contributed by atoms with Gasteiger partial charge in [0.15, 0.2) is 0 Å². The summed E-state index contributed by atoms with van der Waals surface area (Å²) in [6, 6.07) is 7.21. The molecule has 0 bridgehead atoms. The molecule has 183 valence electrons. The summed E-state index contributed by atoms with van der Waals surface area (Å²) < 4.78 is 8.71. The quantitative estimate of drug-likeness (QED) is 0.192. The number of halogens is 2. The zero-order valence-electron chi connectivity index (χ0n) is 21.6. The number of allylic oxidation sites excluding steroid dienone is 4. The van der Waals surface area contributed by atoms with E-state index in [1.165, 1.54) is 68.2 Å². The maximum Gasteiger partial charge on any atom is -0.147 e. The first kappa shape index (κ1) is 32.0. The van der Waals surface area contributed by atoms with Crippen molar-refractivity contribution < 1.29 is 20.8 Å². The molecule has 32 heavy (non-hydrogen) atoms. The fourth-order valence-corrected chi connectivity index (χ4v) is 13.7. The normalized spacial score (nSPS) is 13.2. The summed E-state index contributed by atoms with van der Waals surface area (Å²) >= 11 is -1.73. The number of unbranched alkanes of at least 4 members (excludes halogenated alkanes) is 4. The number of benzene rings is 1. The summed E-state index contributed by atoms with van der Waals surface area (Å²) in [6.45, 7) is 15.8. The van der Waals surface area contributed by atoms with Crippen LogP contribution in [-0.4, -0.2) is 6.66 Å². The van der Waals surface area contributed by atoms with E-state index in [9.17, 15) is 0 Å². The summed E-state index contributed by atoms with van der Waals surface area (Å²) in [5.74, 6) is 1.18. The number of hydrogen-bond acceptors (Lipinski definition) is 1. The van der Waals surface area contributed by atoms with E-state index in [1.807, 2.05) is 0 Å². The largest absolute Gasteiger partial charge is 0.147 e. The third kappa shape index (κ3) is 10.1. The van der Waals surface area contributed by atoms with Gasteiger partial charge in [0, 0.05) is 0 Å². The van der Waals surface area contributed by atoms with Gasteiger partial charge in [0.2, 0.25) is 0 Å². The summed E-state index contributed by atoms with van der Waals surface area (Å²) in [4.78, 5) is 0. The number of aryl methyl sites for hydroxylation is 2.